The van der Waals surface area contributed by atoms with E-state index in [4.69, 9.17) is 10.9 Å². The molecule has 1 aromatic carbocycles. The van der Waals surface area contributed by atoms with Crippen molar-refractivity contribution in [2.24, 2.45) is 16.3 Å². The van der Waals surface area contributed by atoms with Gasteiger partial charge in [0, 0.05) is 12.1 Å². The molecule has 0 aliphatic heterocycles. The number of nitrogens with two attached hydrogens (primary N) is 1. The van der Waals surface area contributed by atoms with Gasteiger partial charge in [-0.15, -0.1) is 0 Å². The van der Waals surface area contributed by atoms with Gasteiger partial charge in [0.1, 0.15) is 17.0 Å². The predicted octanol–water partition coefficient (Wildman–Crippen LogP) is 1.50. The van der Waals surface area contributed by atoms with Crippen LogP contribution in [0.5, 0.6) is 0 Å². The molecule has 1 amide bonds. The van der Waals surface area contributed by atoms with Gasteiger partial charge in [0.05, 0.1) is 0 Å². The minimum absolute atomic E-state index is 0.0485. The second-order valence-corrected chi connectivity index (χ2v) is 4.84. The minimum atomic E-state index is -1.03. The molecule has 1 aliphatic rings. The molecule has 0 aromatic heterocycles. The number of amides is 1. The number of rotatable bonds is 4. The minimum Gasteiger partial charge on any atom is -0.409 e. The molecule has 0 unspecified atom stereocenters. The van der Waals surface area contributed by atoms with Gasteiger partial charge >= 0.3 is 0 Å². The van der Waals surface area contributed by atoms with Crippen LogP contribution in [0.4, 0.5) is 8.78 Å². The van der Waals surface area contributed by atoms with Gasteiger partial charge in [-0.1, -0.05) is 11.6 Å². The molecule has 1 aromatic rings. The summed E-state index contributed by atoms with van der Waals surface area (Å²) in [7, 11) is 0. The van der Waals surface area contributed by atoms with Gasteiger partial charge in [-0.25, -0.2) is 8.78 Å². The number of hydrogen-bond donors (Lipinski definition) is 3. The monoisotopic (exact) mass is 283 g/mol. The summed E-state index contributed by atoms with van der Waals surface area (Å²) in [5, 5.41) is 14.1. The van der Waals surface area contributed by atoms with Crippen LogP contribution in [0.2, 0.25) is 0 Å². The van der Waals surface area contributed by atoms with Crippen LogP contribution < -0.4 is 11.1 Å². The largest absolute Gasteiger partial charge is 0.409 e. The Morgan fingerprint density at radius 3 is 2.70 bits per heavy atom. The molecule has 2 rings (SSSR count). The topological polar surface area (TPSA) is 87.7 Å². The zero-order chi connectivity index (χ0) is 14.8. The molecular weight excluding hydrogens is 268 g/mol. The van der Waals surface area contributed by atoms with Gasteiger partial charge < -0.3 is 16.3 Å². The van der Waals surface area contributed by atoms with Gasteiger partial charge in [0.15, 0.2) is 5.84 Å². The lowest BCUT2D eigenvalue weighted by Gasteiger charge is -2.38. The average Bonchev–Trinajstić information content (AvgIpc) is 2.38. The van der Waals surface area contributed by atoms with Crippen LogP contribution in [0.25, 0.3) is 0 Å². The molecule has 0 heterocycles. The zero-order valence-electron chi connectivity index (χ0n) is 10.7. The van der Waals surface area contributed by atoms with E-state index in [-0.39, 0.29) is 17.9 Å². The molecular formula is C13H15F2N3O2. The molecule has 1 saturated carbocycles. The molecule has 108 valence electrons. The Labute approximate surface area is 114 Å². The van der Waals surface area contributed by atoms with Crippen LogP contribution in [0.1, 0.15) is 24.8 Å². The van der Waals surface area contributed by atoms with E-state index in [9.17, 15) is 13.6 Å². The SMILES string of the molecule is N/C(=N/O)C1(C(=O)NCc2cc(F)ccc2F)CCC1. The molecule has 0 atom stereocenters. The highest BCUT2D eigenvalue weighted by Gasteiger charge is 2.48. The van der Waals surface area contributed by atoms with Gasteiger partial charge in [0.25, 0.3) is 0 Å². The van der Waals surface area contributed by atoms with Crippen molar-refractivity contribution in [1.29, 1.82) is 0 Å². The molecule has 0 spiro atoms. The number of oxime groups is 1. The fourth-order valence-electron chi connectivity index (χ4n) is 2.25. The lowest BCUT2D eigenvalue weighted by molar-refractivity contribution is -0.131. The van der Waals surface area contributed by atoms with E-state index in [2.05, 4.69) is 10.5 Å². The van der Waals surface area contributed by atoms with E-state index in [1.165, 1.54) is 0 Å². The Morgan fingerprint density at radius 1 is 1.45 bits per heavy atom. The fourth-order valence-corrected chi connectivity index (χ4v) is 2.25. The molecule has 0 saturated heterocycles. The maximum Gasteiger partial charge on any atom is 0.234 e. The first kappa shape index (κ1) is 14.2. The third kappa shape index (κ3) is 2.43. The summed E-state index contributed by atoms with van der Waals surface area (Å²) in [6, 6.07) is 3.02. The average molecular weight is 283 g/mol. The van der Waals surface area contributed by atoms with Gasteiger partial charge in [-0.05, 0) is 31.0 Å². The third-order valence-corrected chi connectivity index (χ3v) is 3.69. The smallest absolute Gasteiger partial charge is 0.234 e. The first-order valence-electron chi connectivity index (χ1n) is 6.20. The highest BCUT2D eigenvalue weighted by molar-refractivity contribution is 6.07. The molecule has 4 N–H and O–H groups in total. The number of nitrogens with one attached hydrogen (secondary N) is 1. The van der Waals surface area contributed by atoms with Crippen LogP contribution in [0.15, 0.2) is 23.4 Å². The van der Waals surface area contributed by atoms with E-state index in [1.54, 1.807) is 0 Å². The number of hydrogen-bond acceptors (Lipinski definition) is 3. The molecule has 1 aliphatic carbocycles. The molecule has 5 nitrogen and oxygen atoms in total. The molecule has 20 heavy (non-hydrogen) atoms. The Kier molecular flexibility index (Phi) is 3.87. The second-order valence-electron chi connectivity index (χ2n) is 4.84. The van der Waals surface area contributed by atoms with Crippen molar-refractivity contribution < 1.29 is 18.8 Å². The summed E-state index contributed by atoms with van der Waals surface area (Å²) in [6.45, 7) is -0.150. The Hall–Kier alpha value is -2.18. The number of carbonyl (C=O) groups is 1. The van der Waals surface area contributed by atoms with Crippen LogP contribution in [-0.4, -0.2) is 17.0 Å². The molecule has 1 fully saturated rings. The number of benzene rings is 1. The van der Waals surface area contributed by atoms with E-state index < -0.39 is 23.0 Å². The molecule has 0 radical (unpaired) electrons. The van der Waals surface area contributed by atoms with E-state index in [0.717, 1.165) is 24.6 Å². The number of carbonyl (C=O) groups excluding carboxylic acids is 1. The van der Waals surface area contributed by atoms with E-state index in [1.807, 2.05) is 0 Å². The van der Waals surface area contributed by atoms with Crippen molar-refractivity contribution in [3.05, 3.63) is 35.4 Å². The summed E-state index contributed by atoms with van der Waals surface area (Å²) < 4.78 is 26.4. The quantitative estimate of drug-likeness (QED) is 0.338. The maximum absolute atomic E-state index is 13.4. The van der Waals surface area contributed by atoms with Gasteiger partial charge in [-0.2, -0.15) is 0 Å². The standard InChI is InChI=1S/C13H15F2N3O2/c14-9-2-3-10(15)8(6-9)7-17-12(19)13(4-1-5-13)11(16)18-20/h2-3,6,20H,1,4-5,7H2,(H2,16,18)(H,17,19). The van der Waals surface area contributed by atoms with Crippen LogP contribution >= 0.6 is 0 Å². The van der Waals surface area contributed by atoms with Crippen LogP contribution in [0, 0.1) is 17.0 Å². The van der Waals surface area contributed by atoms with Crippen LogP contribution in [-0.2, 0) is 11.3 Å². The van der Waals surface area contributed by atoms with E-state index in [0.29, 0.717) is 12.8 Å². The van der Waals surface area contributed by atoms with Crippen LogP contribution in [0.3, 0.4) is 0 Å². The number of amidine groups is 1. The predicted molar refractivity (Wildman–Crippen MR) is 67.9 cm³/mol. The van der Waals surface area contributed by atoms with Gasteiger partial charge in [0.2, 0.25) is 5.91 Å². The highest BCUT2D eigenvalue weighted by atomic mass is 19.1. The Balaban J connectivity index is 2.07. The van der Waals surface area contributed by atoms with Crippen molar-refractivity contribution in [2.45, 2.75) is 25.8 Å². The van der Waals surface area contributed by atoms with Crippen molar-refractivity contribution in [3.63, 3.8) is 0 Å². The zero-order valence-corrected chi connectivity index (χ0v) is 10.7. The van der Waals surface area contributed by atoms with Crippen molar-refractivity contribution in [3.8, 4) is 0 Å². The summed E-state index contributed by atoms with van der Waals surface area (Å²) in [6.07, 6.45) is 1.73. The molecule has 0 bridgehead atoms. The maximum atomic E-state index is 13.4. The lowest BCUT2D eigenvalue weighted by Crippen LogP contribution is -2.53. The fraction of sp³-hybridized carbons (Fsp3) is 0.385. The van der Waals surface area contributed by atoms with Crippen molar-refractivity contribution in [1.82, 2.24) is 5.32 Å². The summed E-state index contributed by atoms with van der Waals surface area (Å²) >= 11 is 0. The summed E-state index contributed by atoms with van der Waals surface area (Å²) in [4.78, 5) is 12.1. The van der Waals surface area contributed by atoms with Crippen molar-refractivity contribution >= 4 is 11.7 Å². The Morgan fingerprint density at radius 2 is 2.15 bits per heavy atom. The number of nitrogens with zero attached hydrogens (tertiary/aromatic N) is 1. The lowest BCUT2D eigenvalue weighted by atomic mass is 9.67. The first-order valence-corrected chi connectivity index (χ1v) is 6.20. The van der Waals surface area contributed by atoms with E-state index >= 15 is 0 Å². The third-order valence-electron chi connectivity index (χ3n) is 3.69. The first-order chi connectivity index (χ1) is 9.49. The normalized spacial score (nSPS) is 17.4. The summed E-state index contributed by atoms with van der Waals surface area (Å²) in [5.74, 6) is -1.77. The number of halogens is 2. The van der Waals surface area contributed by atoms with Crippen molar-refractivity contribution in [2.75, 3.05) is 0 Å². The molecule has 7 heteroatoms. The summed E-state index contributed by atoms with van der Waals surface area (Å²) in [5.41, 5.74) is 4.56. The Bertz CT molecular complexity index is 557. The van der Waals surface area contributed by atoms with Gasteiger partial charge in [-0.3, -0.25) is 4.79 Å². The highest BCUT2D eigenvalue weighted by Crippen LogP contribution is 2.41. The second kappa shape index (κ2) is 5.44.